The highest BCUT2D eigenvalue weighted by Gasteiger charge is 2.51. The Morgan fingerprint density at radius 3 is 1.79 bits per heavy atom. The molecule has 2 aliphatic carbocycles. The van der Waals surface area contributed by atoms with Crippen LogP contribution in [0, 0.1) is 5.92 Å². The molecule has 2 aromatic rings. The molecule has 0 radical (unpaired) electrons. The fourth-order valence-electron chi connectivity index (χ4n) is 5.56. The predicted molar refractivity (Wildman–Crippen MR) is 107 cm³/mol. The van der Waals surface area contributed by atoms with Gasteiger partial charge in [-0.25, -0.2) is 9.98 Å². The van der Waals surface area contributed by atoms with Gasteiger partial charge in [0.2, 0.25) is 11.9 Å². The lowest BCUT2D eigenvalue weighted by atomic mass is 9.55. The van der Waals surface area contributed by atoms with Gasteiger partial charge in [-0.3, -0.25) is 4.79 Å². The quantitative estimate of drug-likeness (QED) is 0.637. The molecule has 0 unspecified atom stereocenters. The summed E-state index contributed by atoms with van der Waals surface area (Å²) in [5, 5.41) is 0. The first-order chi connectivity index (χ1) is 14.1. The maximum absolute atomic E-state index is 14.3. The summed E-state index contributed by atoms with van der Waals surface area (Å²) in [4.78, 5) is 21.0. The number of carbonyl (C=O) groups excluding carboxylic acids is 1. The lowest BCUT2D eigenvalue weighted by molar-refractivity contribution is 0.102. The smallest absolute Gasteiger partial charge is 0.210 e. The number of dihydropyridines is 2. The van der Waals surface area contributed by atoms with E-state index in [1.807, 2.05) is 48.5 Å². The molecule has 1 saturated carbocycles. The summed E-state index contributed by atoms with van der Waals surface area (Å²) in [6, 6.07) is 15.2. The van der Waals surface area contributed by atoms with Crippen LogP contribution in [0.25, 0.3) is 0 Å². The Labute approximate surface area is 166 Å². The average molecular weight is 386 g/mol. The number of halogens is 2. The van der Waals surface area contributed by atoms with Gasteiger partial charge in [0.15, 0.2) is 11.9 Å². The molecule has 4 aliphatic rings. The second-order valence-corrected chi connectivity index (χ2v) is 8.09. The van der Waals surface area contributed by atoms with E-state index in [4.69, 9.17) is 0 Å². The van der Waals surface area contributed by atoms with E-state index in [1.54, 1.807) is 0 Å². The summed E-state index contributed by atoms with van der Waals surface area (Å²) in [6.45, 7) is 0. The van der Waals surface area contributed by atoms with E-state index in [2.05, 4.69) is 9.98 Å². The fourth-order valence-corrected chi connectivity index (χ4v) is 5.56. The molecule has 29 heavy (non-hydrogen) atoms. The van der Waals surface area contributed by atoms with Crippen molar-refractivity contribution in [2.24, 2.45) is 15.9 Å². The molecule has 6 rings (SSSR count). The van der Waals surface area contributed by atoms with E-state index in [1.165, 1.54) is 12.2 Å². The highest BCUT2D eigenvalue weighted by atomic mass is 19.1. The van der Waals surface area contributed by atoms with Crippen LogP contribution >= 0.6 is 0 Å². The second kappa shape index (κ2) is 5.66. The molecule has 2 heterocycles. The number of benzene rings is 2. The number of carbonyl (C=O) groups is 1. The number of allylic oxidation sites excluding steroid dienone is 2. The Kier molecular flexibility index (Phi) is 3.26. The van der Waals surface area contributed by atoms with E-state index in [9.17, 15) is 13.6 Å². The monoisotopic (exact) mass is 386 g/mol. The van der Waals surface area contributed by atoms with Crippen LogP contribution < -0.4 is 0 Å². The summed E-state index contributed by atoms with van der Waals surface area (Å²) in [6.07, 6.45) is 3.26. The van der Waals surface area contributed by atoms with E-state index in [0.29, 0.717) is 24.0 Å². The Morgan fingerprint density at radius 2 is 1.28 bits per heavy atom. The van der Waals surface area contributed by atoms with Crippen LogP contribution in [0.1, 0.15) is 39.9 Å². The highest BCUT2D eigenvalue weighted by molar-refractivity contribution is 6.13. The summed E-state index contributed by atoms with van der Waals surface area (Å²) in [7, 11) is 0. The number of ketones is 1. The van der Waals surface area contributed by atoms with Gasteiger partial charge in [-0.15, -0.1) is 0 Å². The van der Waals surface area contributed by atoms with Crippen LogP contribution in [0.5, 0.6) is 0 Å². The zero-order chi connectivity index (χ0) is 19.8. The first-order valence-electron chi connectivity index (χ1n) is 9.68. The normalized spacial score (nSPS) is 25.8. The van der Waals surface area contributed by atoms with E-state index < -0.39 is 23.5 Å². The minimum Gasteiger partial charge on any atom is -0.289 e. The number of fused-ring (bicyclic) bond motifs is 4. The van der Waals surface area contributed by atoms with Crippen molar-refractivity contribution >= 4 is 17.7 Å². The fraction of sp³-hybridized carbons (Fsp3) is 0.208. The number of rotatable bonds is 0. The van der Waals surface area contributed by atoms with Gasteiger partial charge < -0.3 is 0 Å². The molecule has 0 amide bonds. The van der Waals surface area contributed by atoms with Gasteiger partial charge in [-0.05, 0) is 36.1 Å². The molecule has 0 atom stereocenters. The van der Waals surface area contributed by atoms with Crippen molar-refractivity contribution in [1.82, 2.24) is 0 Å². The largest absolute Gasteiger partial charge is 0.289 e. The lowest BCUT2D eigenvalue weighted by Crippen LogP contribution is -2.44. The first kappa shape index (κ1) is 16.7. The molecule has 5 heteroatoms. The Balaban J connectivity index is 1.65. The van der Waals surface area contributed by atoms with Crippen molar-refractivity contribution in [2.45, 2.75) is 24.4 Å². The van der Waals surface area contributed by atoms with E-state index >= 15 is 0 Å². The van der Waals surface area contributed by atoms with Crippen LogP contribution in [0.15, 0.2) is 81.8 Å². The molecule has 0 aromatic heterocycles. The Hall–Kier alpha value is -3.21. The topological polar surface area (TPSA) is 41.8 Å². The van der Waals surface area contributed by atoms with Crippen molar-refractivity contribution in [2.75, 3.05) is 0 Å². The molecular formula is C24H16F2N2O. The molecule has 0 saturated heterocycles. The molecule has 0 N–H and O–H groups in total. The Bertz CT molecular complexity index is 1130. The van der Waals surface area contributed by atoms with Gasteiger partial charge in [0.05, 0.1) is 0 Å². The number of aliphatic imine (C=N–C) groups is 2. The van der Waals surface area contributed by atoms with Gasteiger partial charge in [-0.1, -0.05) is 59.7 Å². The van der Waals surface area contributed by atoms with Crippen molar-refractivity contribution in [3.8, 4) is 0 Å². The van der Waals surface area contributed by atoms with E-state index in [0.717, 1.165) is 22.3 Å². The van der Waals surface area contributed by atoms with Gasteiger partial charge in [-0.2, -0.15) is 8.78 Å². The third-order valence-electron chi connectivity index (χ3n) is 6.60. The molecule has 142 valence electrons. The summed E-state index contributed by atoms with van der Waals surface area (Å²) in [5.74, 6) is -1.46. The molecule has 2 aliphatic heterocycles. The average Bonchev–Trinajstić information content (AvgIpc) is 2.71. The van der Waals surface area contributed by atoms with Crippen molar-refractivity contribution in [3.63, 3.8) is 0 Å². The lowest BCUT2D eigenvalue weighted by Gasteiger charge is -2.49. The molecular weight excluding hydrogens is 370 g/mol. The van der Waals surface area contributed by atoms with Gasteiger partial charge >= 0.3 is 0 Å². The Morgan fingerprint density at radius 1 is 0.793 bits per heavy atom. The SMILES string of the molecule is O=C1c2ccccc2C2(CC3=CC(F)=NC4N=C(F)C=C(C2)C34)c2ccccc21. The minimum absolute atomic E-state index is 0.00226. The number of hydrogen-bond donors (Lipinski definition) is 0. The highest BCUT2D eigenvalue weighted by Crippen LogP contribution is 2.56. The predicted octanol–water partition coefficient (Wildman–Crippen LogP) is 4.87. The van der Waals surface area contributed by atoms with Crippen molar-refractivity contribution in [1.29, 1.82) is 0 Å². The van der Waals surface area contributed by atoms with Crippen molar-refractivity contribution in [3.05, 3.63) is 94.1 Å². The van der Waals surface area contributed by atoms with Crippen LogP contribution in [-0.2, 0) is 5.41 Å². The van der Waals surface area contributed by atoms with Gasteiger partial charge in [0, 0.05) is 22.5 Å². The maximum Gasteiger partial charge on any atom is 0.210 e. The number of nitrogens with zero attached hydrogens (tertiary/aromatic N) is 2. The summed E-state index contributed by atoms with van der Waals surface area (Å²) in [5.41, 5.74) is 4.34. The third-order valence-corrected chi connectivity index (χ3v) is 6.60. The first-order valence-corrected chi connectivity index (χ1v) is 9.68. The standard InChI is InChI=1S/C24H16F2N2O/c25-19-9-13-11-24(12-14-10-20(26)28-23(27-19)21(13)14)17-7-3-1-5-15(17)22(29)16-6-2-4-8-18(16)24/h1-10,21,23H,11-12H2. The van der Waals surface area contributed by atoms with Crippen LogP contribution in [0.2, 0.25) is 0 Å². The summed E-state index contributed by atoms with van der Waals surface area (Å²) < 4.78 is 28.6. The molecule has 3 nitrogen and oxygen atoms in total. The summed E-state index contributed by atoms with van der Waals surface area (Å²) >= 11 is 0. The molecule has 1 spiro atoms. The van der Waals surface area contributed by atoms with Crippen LogP contribution in [0.4, 0.5) is 8.78 Å². The maximum atomic E-state index is 14.3. The molecule has 1 fully saturated rings. The zero-order valence-corrected chi connectivity index (χ0v) is 15.4. The minimum atomic E-state index is -0.775. The molecule has 0 bridgehead atoms. The number of hydrogen-bond acceptors (Lipinski definition) is 3. The van der Waals surface area contributed by atoms with E-state index in [-0.39, 0.29) is 11.7 Å². The van der Waals surface area contributed by atoms with Crippen LogP contribution in [-0.4, -0.2) is 23.9 Å². The van der Waals surface area contributed by atoms with Crippen LogP contribution in [0.3, 0.4) is 0 Å². The third kappa shape index (κ3) is 2.18. The van der Waals surface area contributed by atoms with Gasteiger partial charge in [0.1, 0.15) is 0 Å². The molecule has 2 aromatic carbocycles. The van der Waals surface area contributed by atoms with Crippen molar-refractivity contribution < 1.29 is 13.6 Å². The second-order valence-electron chi connectivity index (χ2n) is 8.09. The zero-order valence-electron chi connectivity index (χ0n) is 15.4. The van der Waals surface area contributed by atoms with Gasteiger partial charge in [0.25, 0.3) is 0 Å².